The zero-order valence-electron chi connectivity index (χ0n) is 10.3. The number of ether oxygens (including phenoxy) is 1. The van der Waals surface area contributed by atoms with E-state index in [2.05, 4.69) is 48.0 Å². The van der Waals surface area contributed by atoms with Crippen molar-refractivity contribution in [3.05, 3.63) is 16.0 Å². The average molecular weight is 360 g/mol. The molecule has 0 saturated heterocycles. The van der Waals surface area contributed by atoms with E-state index in [-0.39, 0.29) is 12.1 Å². The van der Waals surface area contributed by atoms with Gasteiger partial charge in [0.1, 0.15) is 0 Å². The van der Waals surface area contributed by atoms with E-state index < -0.39 is 0 Å². The zero-order chi connectivity index (χ0) is 13.1. The lowest BCUT2D eigenvalue weighted by Crippen LogP contribution is -2.13. The highest BCUT2D eigenvalue weighted by Crippen LogP contribution is 2.12. The fraction of sp³-hybridized carbons (Fsp3) is 0.400. The van der Waals surface area contributed by atoms with Gasteiger partial charge in [0.2, 0.25) is 5.95 Å². The standard InChI is InChI=1S/C10H13IN6O/c1-6(2)18-10-15-8(12-3)14-9(16-10)17-5-7(11)4-13-17/h4-6H,1-3H3,(H,12,14,15,16). The summed E-state index contributed by atoms with van der Waals surface area (Å²) in [5.74, 6) is 0.870. The molecule has 2 rings (SSSR count). The van der Waals surface area contributed by atoms with Crippen LogP contribution in [-0.2, 0) is 0 Å². The third-order valence-electron chi connectivity index (χ3n) is 1.92. The van der Waals surface area contributed by atoms with E-state index in [9.17, 15) is 0 Å². The van der Waals surface area contributed by atoms with Crippen molar-refractivity contribution in [2.75, 3.05) is 12.4 Å². The maximum Gasteiger partial charge on any atom is 0.323 e. The minimum Gasteiger partial charge on any atom is -0.461 e. The lowest BCUT2D eigenvalue weighted by Gasteiger charge is -2.09. The van der Waals surface area contributed by atoms with E-state index in [1.807, 2.05) is 20.0 Å². The number of halogens is 1. The Labute approximate surface area is 118 Å². The predicted molar refractivity (Wildman–Crippen MR) is 75.0 cm³/mol. The lowest BCUT2D eigenvalue weighted by molar-refractivity contribution is 0.221. The normalized spacial score (nSPS) is 10.7. The quantitative estimate of drug-likeness (QED) is 0.833. The molecule has 8 heteroatoms. The topological polar surface area (TPSA) is 77.8 Å². The molecule has 2 heterocycles. The average Bonchev–Trinajstić information content (AvgIpc) is 2.74. The zero-order valence-corrected chi connectivity index (χ0v) is 12.4. The number of nitrogens with zero attached hydrogens (tertiary/aromatic N) is 5. The second-order valence-corrected chi connectivity index (χ2v) is 5.01. The molecule has 1 N–H and O–H groups in total. The van der Waals surface area contributed by atoms with E-state index in [4.69, 9.17) is 4.74 Å². The van der Waals surface area contributed by atoms with Crippen LogP contribution in [0.1, 0.15) is 13.8 Å². The fourth-order valence-corrected chi connectivity index (χ4v) is 1.62. The molecule has 7 nitrogen and oxygen atoms in total. The summed E-state index contributed by atoms with van der Waals surface area (Å²) in [6.45, 7) is 3.83. The molecule has 2 aromatic rings. The second-order valence-electron chi connectivity index (χ2n) is 3.76. The molecule has 96 valence electrons. The van der Waals surface area contributed by atoms with Crippen LogP contribution in [0.4, 0.5) is 5.95 Å². The molecule has 0 spiro atoms. The largest absolute Gasteiger partial charge is 0.461 e. The van der Waals surface area contributed by atoms with Crippen LogP contribution in [-0.4, -0.2) is 37.9 Å². The van der Waals surface area contributed by atoms with Crippen molar-refractivity contribution in [1.29, 1.82) is 0 Å². The van der Waals surface area contributed by atoms with Crippen LogP contribution >= 0.6 is 22.6 Å². The van der Waals surface area contributed by atoms with Gasteiger partial charge in [-0.2, -0.15) is 20.1 Å². The molecule has 18 heavy (non-hydrogen) atoms. The molecule has 0 aromatic carbocycles. The van der Waals surface area contributed by atoms with Crippen LogP contribution in [0.5, 0.6) is 6.01 Å². The molecule has 0 bridgehead atoms. The van der Waals surface area contributed by atoms with Gasteiger partial charge in [-0.05, 0) is 36.4 Å². The SMILES string of the molecule is CNc1nc(OC(C)C)nc(-n2cc(I)cn2)n1. The van der Waals surface area contributed by atoms with Gasteiger partial charge in [-0.3, -0.25) is 0 Å². The summed E-state index contributed by atoms with van der Waals surface area (Å²) in [4.78, 5) is 12.6. The highest BCUT2D eigenvalue weighted by Gasteiger charge is 2.10. The summed E-state index contributed by atoms with van der Waals surface area (Å²) in [5, 5.41) is 7.03. The van der Waals surface area contributed by atoms with Gasteiger partial charge in [0.15, 0.2) is 0 Å². The monoisotopic (exact) mass is 360 g/mol. The van der Waals surface area contributed by atoms with Crippen LogP contribution in [0.3, 0.4) is 0 Å². The minimum absolute atomic E-state index is 0.00251. The summed E-state index contributed by atoms with van der Waals surface area (Å²) < 4.78 is 8.07. The van der Waals surface area contributed by atoms with Crippen molar-refractivity contribution >= 4 is 28.5 Å². The molecule has 0 fully saturated rings. The Morgan fingerprint density at radius 1 is 1.33 bits per heavy atom. The first-order valence-electron chi connectivity index (χ1n) is 5.39. The van der Waals surface area contributed by atoms with Gasteiger partial charge < -0.3 is 10.1 Å². The van der Waals surface area contributed by atoms with Gasteiger partial charge in [-0.1, -0.05) is 0 Å². The molecular weight excluding hydrogens is 347 g/mol. The van der Waals surface area contributed by atoms with E-state index in [1.165, 1.54) is 0 Å². The summed E-state index contributed by atoms with van der Waals surface area (Å²) in [7, 11) is 1.74. The van der Waals surface area contributed by atoms with Gasteiger partial charge in [0, 0.05) is 13.2 Å². The first-order chi connectivity index (χ1) is 8.58. The Morgan fingerprint density at radius 3 is 2.67 bits per heavy atom. The number of nitrogens with one attached hydrogen (secondary N) is 1. The highest BCUT2D eigenvalue weighted by atomic mass is 127. The Kier molecular flexibility index (Phi) is 3.94. The minimum atomic E-state index is 0.00251. The van der Waals surface area contributed by atoms with Crippen LogP contribution in [0.25, 0.3) is 5.95 Å². The molecule has 0 unspecified atom stereocenters. The van der Waals surface area contributed by atoms with Crippen molar-refractivity contribution in [3.63, 3.8) is 0 Å². The molecular formula is C10H13IN6O. The molecule has 0 aliphatic rings. The number of anilines is 1. The van der Waals surface area contributed by atoms with E-state index in [1.54, 1.807) is 17.9 Å². The van der Waals surface area contributed by atoms with Crippen molar-refractivity contribution in [3.8, 4) is 12.0 Å². The summed E-state index contributed by atoms with van der Waals surface area (Å²) >= 11 is 2.17. The maximum absolute atomic E-state index is 5.48. The summed E-state index contributed by atoms with van der Waals surface area (Å²) in [6.07, 6.45) is 3.56. The van der Waals surface area contributed by atoms with Crippen LogP contribution in [0, 0.1) is 3.57 Å². The van der Waals surface area contributed by atoms with Crippen molar-refractivity contribution in [2.45, 2.75) is 20.0 Å². The molecule has 0 aliphatic heterocycles. The predicted octanol–water partition coefficient (Wildman–Crippen LogP) is 1.49. The summed E-state index contributed by atoms with van der Waals surface area (Å²) in [6, 6.07) is 0.282. The second kappa shape index (κ2) is 5.46. The van der Waals surface area contributed by atoms with Crippen LogP contribution < -0.4 is 10.1 Å². The Hall–Kier alpha value is -1.45. The van der Waals surface area contributed by atoms with Gasteiger partial charge >= 0.3 is 6.01 Å². The van der Waals surface area contributed by atoms with Crippen LogP contribution in [0.15, 0.2) is 12.4 Å². The Morgan fingerprint density at radius 2 is 2.11 bits per heavy atom. The number of aromatic nitrogens is 5. The molecule has 0 radical (unpaired) electrons. The molecule has 2 aromatic heterocycles. The van der Waals surface area contributed by atoms with Crippen LogP contribution in [0.2, 0.25) is 0 Å². The van der Waals surface area contributed by atoms with E-state index >= 15 is 0 Å². The maximum atomic E-state index is 5.48. The molecule has 0 aliphatic carbocycles. The first kappa shape index (κ1) is 13.0. The first-order valence-corrected chi connectivity index (χ1v) is 6.47. The van der Waals surface area contributed by atoms with E-state index in [0.29, 0.717) is 11.9 Å². The molecule has 0 saturated carbocycles. The van der Waals surface area contributed by atoms with Crippen molar-refractivity contribution < 1.29 is 4.74 Å². The summed E-state index contributed by atoms with van der Waals surface area (Å²) in [5.41, 5.74) is 0. The van der Waals surface area contributed by atoms with Gasteiger partial charge in [-0.15, -0.1) is 0 Å². The van der Waals surface area contributed by atoms with Gasteiger partial charge in [0.05, 0.1) is 15.9 Å². The Bertz CT molecular complexity index is 541. The smallest absolute Gasteiger partial charge is 0.323 e. The molecule has 0 atom stereocenters. The van der Waals surface area contributed by atoms with E-state index in [0.717, 1.165) is 3.57 Å². The van der Waals surface area contributed by atoms with Crippen molar-refractivity contribution in [2.24, 2.45) is 0 Å². The van der Waals surface area contributed by atoms with Gasteiger partial charge in [-0.25, -0.2) is 4.68 Å². The van der Waals surface area contributed by atoms with Crippen molar-refractivity contribution in [1.82, 2.24) is 24.7 Å². The third kappa shape index (κ3) is 3.06. The molecule has 0 amide bonds. The number of hydrogen-bond donors (Lipinski definition) is 1. The Balaban J connectivity index is 2.40. The third-order valence-corrected chi connectivity index (χ3v) is 2.48. The highest BCUT2D eigenvalue weighted by molar-refractivity contribution is 14.1. The van der Waals surface area contributed by atoms with Gasteiger partial charge in [0.25, 0.3) is 5.95 Å². The number of hydrogen-bond acceptors (Lipinski definition) is 6. The number of rotatable bonds is 4. The lowest BCUT2D eigenvalue weighted by atomic mass is 10.5. The fourth-order valence-electron chi connectivity index (χ4n) is 1.23.